The second kappa shape index (κ2) is 6.30. The molecule has 1 atom stereocenters. The van der Waals surface area contributed by atoms with E-state index < -0.39 is 4.92 Å². The molecule has 1 unspecified atom stereocenters. The molecule has 1 aliphatic heterocycles. The van der Waals surface area contributed by atoms with Crippen molar-refractivity contribution in [2.75, 3.05) is 13.1 Å². The Kier molecular flexibility index (Phi) is 4.42. The summed E-state index contributed by atoms with van der Waals surface area (Å²) in [4.78, 5) is 12.8. The standard InChI is InChI=1S/C15H20ClN3O2/c16-15-8-14(19(20)21)4-3-11(15)9-18(13-5-6-13)10-12-2-1-7-17-12/h3-4,8,12-13,17H,1-2,5-7,9-10H2. The number of hydrogen-bond acceptors (Lipinski definition) is 4. The van der Waals surface area contributed by atoms with Crippen molar-refractivity contribution in [2.24, 2.45) is 0 Å². The lowest BCUT2D eigenvalue weighted by molar-refractivity contribution is -0.384. The fraction of sp³-hybridized carbons (Fsp3) is 0.600. The maximum absolute atomic E-state index is 10.8. The molecule has 5 nitrogen and oxygen atoms in total. The molecule has 0 aromatic heterocycles. The van der Waals surface area contributed by atoms with Gasteiger partial charge in [-0.1, -0.05) is 11.6 Å². The van der Waals surface area contributed by atoms with Crippen molar-refractivity contribution in [3.8, 4) is 0 Å². The Morgan fingerprint density at radius 1 is 1.38 bits per heavy atom. The van der Waals surface area contributed by atoms with E-state index in [9.17, 15) is 10.1 Å². The van der Waals surface area contributed by atoms with Gasteiger partial charge in [0.1, 0.15) is 0 Å². The number of nitrogens with zero attached hydrogens (tertiary/aromatic N) is 2. The van der Waals surface area contributed by atoms with Crippen LogP contribution in [0, 0.1) is 10.1 Å². The van der Waals surface area contributed by atoms with Gasteiger partial charge < -0.3 is 5.32 Å². The van der Waals surface area contributed by atoms with Crippen molar-refractivity contribution in [2.45, 2.75) is 44.3 Å². The SMILES string of the molecule is O=[N+]([O-])c1ccc(CN(CC2CCCN2)C2CC2)c(Cl)c1. The molecule has 1 N–H and O–H groups in total. The van der Waals surface area contributed by atoms with Gasteiger partial charge in [-0.15, -0.1) is 0 Å². The molecule has 21 heavy (non-hydrogen) atoms. The Morgan fingerprint density at radius 2 is 2.19 bits per heavy atom. The summed E-state index contributed by atoms with van der Waals surface area (Å²) in [5.74, 6) is 0. The molecule has 1 saturated carbocycles. The summed E-state index contributed by atoms with van der Waals surface area (Å²) in [7, 11) is 0. The molecule has 1 aliphatic carbocycles. The van der Waals surface area contributed by atoms with E-state index in [1.54, 1.807) is 12.1 Å². The molecule has 0 bridgehead atoms. The molecule has 2 aliphatic rings. The van der Waals surface area contributed by atoms with Crippen LogP contribution in [0.2, 0.25) is 5.02 Å². The number of non-ortho nitro benzene ring substituents is 1. The average Bonchev–Trinajstić information content (AvgIpc) is 3.18. The number of nitro benzene ring substituents is 1. The van der Waals surface area contributed by atoms with Gasteiger partial charge in [0.25, 0.3) is 5.69 Å². The average molecular weight is 310 g/mol. The minimum Gasteiger partial charge on any atom is -0.313 e. The maximum Gasteiger partial charge on any atom is 0.270 e. The van der Waals surface area contributed by atoms with Crippen LogP contribution < -0.4 is 5.32 Å². The van der Waals surface area contributed by atoms with Crippen molar-refractivity contribution < 1.29 is 4.92 Å². The van der Waals surface area contributed by atoms with Crippen LogP contribution in [-0.4, -0.2) is 35.0 Å². The second-order valence-corrected chi connectivity index (χ2v) is 6.39. The minimum atomic E-state index is -0.406. The first-order valence-electron chi connectivity index (χ1n) is 7.54. The van der Waals surface area contributed by atoms with E-state index in [0.29, 0.717) is 17.1 Å². The summed E-state index contributed by atoms with van der Waals surface area (Å²) in [6.07, 6.45) is 4.98. The van der Waals surface area contributed by atoms with E-state index in [4.69, 9.17) is 11.6 Å². The highest BCUT2D eigenvalue weighted by molar-refractivity contribution is 6.31. The summed E-state index contributed by atoms with van der Waals surface area (Å²) in [6.45, 7) is 2.93. The van der Waals surface area contributed by atoms with Crippen LogP contribution in [0.25, 0.3) is 0 Å². The number of rotatable bonds is 6. The summed E-state index contributed by atoms with van der Waals surface area (Å²) in [6, 6.07) is 6.01. The number of nitro groups is 1. The van der Waals surface area contributed by atoms with Crippen molar-refractivity contribution >= 4 is 17.3 Å². The Balaban J connectivity index is 1.68. The molecular weight excluding hydrogens is 290 g/mol. The number of benzene rings is 1. The summed E-state index contributed by atoms with van der Waals surface area (Å²) >= 11 is 6.21. The zero-order valence-electron chi connectivity index (χ0n) is 11.9. The highest BCUT2D eigenvalue weighted by Gasteiger charge is 2.31. The quantitative estimate of drug-likeness (QED) is 0.648. The molecule has 1 aromatic carbocycles. The summed E-state index contributed by atoms with van der Waals surface area (Å²) in [5.41, 5.74) is 1.03. The summed E-state index contributed by atoms with van der Waals surface area (Å²) < 4.78 is 0. The van der Waals surface area contributed by atoms with Gasteiger partial charge in [0.15, 0.2) is 0 Å². The molecule has 2 fully saturated rings. The minimum absolute atomic E-state index is 0.0548. The third kappa shape index (κ3) is 3.73. The first-order chi connectivity index (χ1) is 10.1. The fourth-order valence-corrected chi connectivity index (χ4v) is 3.21. The van der Waals surface area contributed by atoms with Gasteiger partial charge in [-0.3, -0.25) is 15.0 Å². The van der Waals surface area contributed by atoms with Crippen molar-refractivity contribution in [1.29, 1.82) is 0 Å². The monoisotopic (exact) mass is 309 g/mol. The van der Waals surface area contributed by atoms with E-state index in [1.807, 2.05) is 0 Å². The molecule has 3 rings (SSSR count). The highest BCUT2D eigenvalue weighted by atomic mass is 35.5. The lowest BCUT2D eigenvalue weighted by Gasteiger charge is -2.26. The van der Waals surface area contributed by atoms with E-state index in [0.717, 1.165) is 25.2 Å². The molecule has 1 aromatic rings. The molecule has 0 spiro atoms. The van der Waals surface area contributed by atoms with Crippen LogP contribution in [0.5, 0.6) is 0 Å². The zero-order valence-corrected chi connectivity index (χ0v) is 12.7. The van der Waals surface area contributed by atoms with Crippen LogP contribution in [-0.2, 0) is 6.54 Å². The topological polar surface area (TPSA) is 58.4 Å². The van der Waals surface area contributed by atoms with Crippen LogP contribution >= 0.6 is 11.6 Å². The fourth-order valence-electron chi connectivity index (χ4n) is 2.97. The number of halogens is 1. The number of hydrogen-bond donors (Lipinski definition) is 1. The third-order valence-electron chi connectivity index (χ3n) is 4.30. The molecule has 1 saturated heterocycles. The number of nitrogens with one attached hydrogen (secondary N) is 1. The van der Waals surface area contributed by atoms with Crippen molar-refractivity contribution in [3.05, 3.63) is 38.9 Å². The molecule has 6 heteroatoms. The predicted molar refractivity (Wildman–Crippen MR) is 82.6 cm³/mol. The van der Waals surface area contributed by atoms with Gasteiger partial charge in [-0.25, -0.2) is 0 Å². The van der Waals surface area contributed by atoms with Crippen molar-refractivity contribution in [3.63, 3.8) is 0 Å². The van der Waals surface area contributed by atoms with Gasteiger partial charge in [-0.2, -0.15) is 0 Å². The van der Waals surface area contributed by atoms with E-state index in [1.165, 1.54) is 31.7 Å². The van der Waals surface area contributed by atoms with Gasteiger partial charge in [-0.05, 0) is 43.9 Å². The van der Waals surface area contributed by atoms with Crippen LogP contribution in [0.3, 0.4) is 0 Å². The smallest absolute Gasteiger partial charge is 0.270 e. The van der Waals surface area contributed by atoms with Crippen LogP contribution in [0.1, 0.15) is 31.2 Å². The van der Waals surface area contributed by atoms with Gasteiger partial charge in [0.2, 0.25) is 0 Å². The molecular formula is C15H20ClN3O2. The second-order valence-electron chi connectivity index (χ2n) is 5.99. The van der Waals surface area contributed by atoms with E-state index in [2.05, 4.69) is 10.2 Å². The zero-order chi connectivity index (χ0) is 14.8. The summed E-state index contributed by atoms with van der Waals surface area (Å²) in [5, 5.41) is 14.8. The Hall–Kier alpha value is -1.17. The lowest BCUT2D eigenvalue weighted by atomic mass is 10.1. The first-order valence-corrected chi connectivity index (χ1v) is 7.91. The largest absolute Gasteiger partial charge is 0.313 e. The Labute approximate surface area is 129 Å². The predicted octanol–water partition coefficient (Wildman–Crippen LogP) is 2.96. The molecule has 114 valence electrons. The first kappa shape index (κ1) is 14.8. The molecule has 0 amide bonds. The van der Waals surface area contributed by atoms with Crippen LogP contribution in [0.15, 0.2) is 18.2 Å². The Morgan fingerprint density at radius 3 is 2.76 bits per heavy atom. The molecule has 1 heterocycles. The van der Waals surface area contributed by atoms with Gasteiger partial charge in [0.05, 0.1) is 9.95 Å². The molecule has 0 radical (unpaired) electrons. The van der Waals surface area contributed by atoms with Crippen molar-refractivity contribution in [1.82, 2.24) is 10.2 Å². The maximum atomic E-state index is 10.8. The third-order valence-corrected chi connectivity index (χ3v) is 4.65. The van der Waals surface area contributed by atoms with Gasteiger partial charge in [0, 0.05) is 37.3 Å². The highest BCUT2D eigenvalue weighted by Crippen LogP contribution is 2.31. The van der Waals surface area contributed by atoms with Crippen LogP contribution in [0.4, 0.5) is 5.69 Å². The van der Waals surface area contributed by atoms with Gasteiger partial charge >= 0.3 is 0 Å². The Bertz CT molecular complexity index is 528. The van der Waals surface area contributed by atoms with E-state index in [-0.39, 0.29) is 5.69 Å². The lowest BCUT2D eigenvalue weighted by Crippen LogP contribution is -2.38. The van der Waals surface area contributed by atoms with E-state index >= 15 is 0 Å². The normalized spacial score (nSPS) is 21.9.